The molecule has 0 amide bonds. The minimum absolute atomic E-state index is 0.476. The van der Waals surface area contributed by atoms with Gasteiger partial charge in [-0.25, -0.2) is 4.98 Å². The van der Waals surface area contributed by atoms with E-state index in [4.69, 9.17) is 9.72 Å². The average molecular weight is 399 g/mol. The molecule has 0 saturated heterocycles. The fraction of sp³-hybridized carbons (Fsp3) is 0.280. The Balaban J connectivity index is 1.62. The van der Waals surface area contributed by atoms with Gasteiger partial charge in [0.25, 0.3) is 0 Å². The molecule has 2 heterocycles. The number of benzene rings is 2. The predicted molar refractivity (Wildman–Crippen MR) is 121 cm³/mol. The normalized spacial score (nSPS) is 14.7. The molecule has 152 valence electrons. The van der Waals surface area contributed by atoms with Crippen LogP contribution >= 0.6 is 0 Å². The van der Waals surface area contributed by atoms with Gasteiger partial charge in [0.2, 0.25) is 0 Å². The highest BCUT2D eigenvalue weighted by molar-refractivity contribution is 5.77. The number of anilines is 1. The molecule has 5 nitrogen and oxygen atoms in total. The maximum absolute atomic E-state index is 5.33. The minimum atomic E-state index is 0.476. The van der Waals surface area contributed by atoms with Gasteiger partial charge >= 0.3 is 0 Å². The molecule has 1 saturated carbocycles. The summed E-state index contributed by atoms with van der Waals surface area (Å²) >= 11 is 0. The lowest BCUT2D eigenvalue weighted by atomic mass is 9.95. The second-order valence-corrected chi connectivity index (χ2v) is 7.88. The minimum Gasteiger partial charge on any atom is -0.497 e. The molecule has 30 heavy (non-hydrogen) atoms. The fourth-order valence-corrected chi connectivity index (χ4v) is 4.24. The summed E-state index contributed by atoms with van der Waals surface area (Å²) in [5.74, 6) is 1.89. The number of aromatic nitrogens is 3. The molecule has 0 atom stereocenters. The summed E-state index contributed by atoms with van der Waals surface area (Å²) in [5.41, 5.74) is 4.91. The number of methoxy groups -OCH3 is 1. The van der Waals surface area contributed by atoms with Crippen molar-refractivity contribution in [3.05, 3.63) is 67.0 Å². The van der Waals surface area contributed by atoms with Gasteiger partial charge in [0, 0.05) is 23.4 Å². The fourth-order valence-electron chi connectivity index (χ4n) is 4.24. The number of nitrogens with zero attached hydrogens (tertiary/aromatic N) is 3. The number of fused-ring (bicyclic) bond motifs is 1. The molecule has 0 aliphatic heterocycles. The molecule has 0 bridgehead atoms. The molecule has 1 fully saturated rings. The Morgan fingerprint density at radius 3 is 2.43 bits per heavy atom. The molecule has 0 unspecified atom stereocenters. The smallest absolute Gasteiger partial charge is 0.157 e. The molecule has 1 N–H and O–H groups in total. The van der Waals surface area contributed by atoms with Gasteiger partial charge in [0.15, 0.2) is 5.65 Å². The van der Waals surface area contributed by atoms with Crippen molar-refractivity contribution in [3.63, 3.8) is 0 Å². The first-order valence-electron chi connectivity index (χ1n) is 10.7. The van der Waals surface area contributed by atoms with Gasteiger partial charge in [-0.15, -0.1) is 0 Å². The zero-order valence-corrected chi connectivity index (χ0v) is 17.2. The summed E-state index contributed by atoms with van der Waals surface area (Å²) in [5, 5.41) is 3.82. The van der Waals surface area contributed by atoms with Crippen LogP contribution in [0, 0.1) is 0 Å². The molecule has 0 radical (unpaired) electrons. The first-order valence-corrected chi connectivity index (χ1v) is 10.7. The Kier molecular flexibility index (Phi) is 5.10. The summed E-state index contributed by atoms with van der Waals surface area (Å²) in [6, 6.07) is 18.9. The lowest BCUT2D eigenvalue weighted by molar-refractivity contribution is 0.415. The van der Waals surface area contributed by atoms with Crippen molar-refractivity contribution in [1.82, 2.24) is 14.4 Å². The summed E-state index contributed by atoms with van der Waals surface area (Å²) in [6.07, 6.45) is 10.3. The van der Waals surface area contributed by atoms with Gasteiger partial charge in [-0.2, -0.15) is 0 Å². The van der Waals surface area contributed by atoms with E-state index in [-0.39, 0.29) is 0 Å². The first kappa shape index (κ1) is 18.7. The molecule has 1 aliphatic carbocycles. The van der Waals surface area contributed by atoms with E-state index in [0.29, 0.717) is 6.04 Å². The van der Waals surface area contributed by atoms with Crippen LogP contribution in [0.3, 0.4) is 0 Å². The van der Waals surface area contributed by atoms with Gasteiger partial charge in [-0.1, -0.05) is 49.6 Å². The standard InChI is InChI=1S/C25H26N4O/c1-30-21-14-12-19(13-15-21)24-25(27-20-10-6-3-7-11-20)29-17-22(26-16-23(29)28-24)18-8-4-2-5-9-18/h2,4-5,8-9,12-17,20,27H,3,6-7,10-11H2,1H3. The van der Waals surface area contributed by atoms with Crippen LogP contribution in [0.1, 0.15) is 32.1 Å². The predicted octanol–water partition coefficient (Wildman–Crippen LogP) is 5.82. The summed E-state index contributed by atoms with van der Waals surface area (Å²) < 4.78 is 7.49. The Labute approximate surface area is 176 Å². The van der Waals surface area contributed by atoms with Crippen LogP contribution in [0.25, 0.3) is 28.2 Å². The van der Waals surface area contributed by atoms with Crippen LogP contribution in [0.4, 0.5) is 5.82 Å². The van der Waals surface area contributed by atoms with E-state index in [9.17, 15) is 0 Å². The van der Waals surface area contributed by atoms with E-state index >= 15 is 0 Å². The van der Waals surface area contributed by atoms with Gasteiger partial charge in [-0.3, -0.25) is 9.38 Å². The number of rotatable bonds is 5. The molecule has 5 heteroatoms. The molecular formula is C25H26N4O. The number of hydrogen-bond donors (Lipinski definition) is 1. The third-order valence-electron chi connectivity index (χ3n) is 5.89. The Morgan fingerprint density at radius 1 is 0.933 bits per heavy atom. The summed E-state index contributed by atoms with van der Waals surface area (Å²) in [7, 11) is 1.69. The Hall–Kier alpha value is -3.34. The second kappa shape index (κ2) is 8.19. The van der Waals surface area contributed by atoms with Crippen LogP contribution in [-0.2, 0) is 0 Å². The lowest BCUT2D eigenvalue weighted by Crippen LogP contribution is -2.23. The third-order valence-corrected chi connectivity index (χ3v) is 5.89. The van der Waals surface area contributed by atoms with Crippen LogP contribution in [-0.4, -0.2) is 27.5 Å². The van der Waals surface area contributed by atoms with E-state index in [1.54, 1.807) is 7.11 Å². The SMILES string of the molecule is COc1ccc(-c2nc3cnc(-c4ccccc4)cn3c2NC2CCCCC2)cc1. The number of nitrogens with one attached hydrogen (secondary N) is 1. The van der Waals surface area contributed by atoms with Crippen LogP contribution in [0.2, 0.25) is 0 Å². The van der Waals surface area contributed by atoms with Crippen molar-refractivity contribution in [3.8, 4) is 28.3 Å². The van der Waals surface area contributed by atoms with Crippen molar-refractivity contribution >= 4 is 11.5 Å². The van der Waals surface area contributed by atoms with Crippen LogP contribution in [0.15, 0.2) is 67.0 Å². The molecule has 5 rings (SSSR count). The van der Waals surface area contributed by atoms with E-state index in [1.807, 2.05) is 36.5 Å². The van der Waals surface area contributed by atoms with Gasteiger partial charge in [0.1, 0.15) is 17.3 Å². The summed E-state index contributed by atoms with van der Waals surface area (Å²) in [6.45, 7) is 0. The van der Waals surface area contributed by atoms with Gasteiger partial charge in [0.05, 0.1) is 19.0 Å². The second-order valence-electron chi connectivity index (χ2n) is 7.88. The maximum atomic E-state index is 5.33. The third kappa shape index (κ3) is 3.63. The largest absolute Gasteiger partial charge is 0.497 e. The highest BCUT2D eigenvalue weighted by Gasteiger charge is 2.20. The van der Waals surface area contributed by atoms with E-state index in [1.165, 1.54) is 32.1 Å². The topological polar surface area (TPSA) is 51.5 Å². The molecule has 0 spiro atoms. The summed E-state index contributed by atoms with van der Waals surface area (Å²) in [4.78, 5) is 9.60. The Bertz CT molecular complexity index is 1130. The van der Waals surface area contributed by atoms with Crippen molar-refractivity contribution < 1.29 is 4.74 Å². The van der Waals surface area contributed by atoms with Crippen molar-refractivity contribution in [2.45, 2.75) is 38.1 Å². The van der Waals surface area contributed by atoms with E-state index in [0.717, 1.165) is 39.7 Å². The average Bonchev–Trinajstić information content (AvgIpc) is 3.18. The maximum Gasteiger partial charge on any atom is 0.157 e. The molecule has 1 aliphatic rings. The number of imidazole rings is 1. The van der Waals surface area contributed by atoms with Crippen LogP contribution < -0.4 is 10.1 Å². The molecule has 2 aromatic heterocycles. The van der Waals surface area contributed by atoms with E-state index in [2.05, 4.69) is 45.2 Å². The van der Waals surface area contributed by atoms with E-state index < -0.39 is 0 Å². The molecular weight excluding hydrogens is 372 g/mol. The number of ether oxygens (including phenoxy) is 1. The monoisotopic (exact) mass is 398 g/mol. The Morgan fingerprint density at radius 2 is 1.70 bits per heavy atom. The highest BCUT2D eigenvalue weighted by Crippen LogP contribution is 2.33. The number of hydrogen-bond acceptors (Lipinski definition) is 4. The van der Waals surface area contributed by atoms with Crippen molar-refractivity contribution in [1.29, 1.82) is 0 Å². The van der Waals surface area contributed by atoms with Gasteiger partial charge < -0.3 is 10.1 Å². The lowest BCUT2D eigenvalue weighted by Gasteiger charge is -2.24. The van der Waals surface area contributed by atoms with Crippen LogP contribution in [0.5, 0.6) is 5.75 Å². The van der Waals surface area contributed by atoms with Crippen molar-refractivity contribution in [2.24, 2.45) is 0 Å². The quantitative estimate of drug-likeness (QED) is 0.460. The zero-order valence-electron chi connectivity index (χ0n) is 17.2. The first-order chi connectivity index (χ1) is 14.8. The van der Waals surface area contributed by atoms with Gasteiger partial charge in [-0.05, 0) is 37.1 Å². The van der Waals surface area contributed by atoms with Crippen molar-refractivity contribution in [2.75, 3.05) is 12.4 Å². The zero-order chi connectivity index (χ0) is 20.3. The molecule has 4 aromatic rings. The highest BCUT2D eigenvalue weighted by atomic mass is 16.5. The molecule has 2 aromatic carbocycles.